The Morgan fingerprint density at radius 2 is 1.52 bits per heavy atom. The van der Waals surface area contributed by atoms with Crippen molar-refractivity contribution in [1.29, 1.82) is 0 Å². The summed E-state index contributed by atoms with van der Waals surface area (Å²) in [4.78, 5) is 51.9. The molecule has 4 aliphatic rings. The van der Waals surface area contributed by atoms with Crippen LogP contribution in [-0.4, -0.2) is 34.9 Å². The molecule has 31 heavy (non-hydrogen) atoms. The number of allylic oxidation sites excluding steroid dienone is 2. The van der Waals surface area contributed by atoms with Gasteiger partial charge in [-0.1, -0.05) is 42.5 Å². The van der Waals surface area contributed by atoms with E-state index < -0.39 is 0 Å². The molecule has 0 radical (unpaired) electrons. The summed E-state index contributed by atoms with van der Waals surface area (Å²) in [6, 6.07) is 12.7. The Morgan fingerprint density at radius 1 is 0.871 bits per heavy atom. The average Bonchev–Trinajstić information content (AvgIpc) is 3.51. The molecule has 1 saturated carbocycles. The Labute approximate surface area is 178 Å². The number of hydrogen-bond acceptors (Lipinski definition) is 4. The van der Waals surface area contributed by atoms with Gasteiger partial charge in [-0.15, -0.1) is 0 Å². The molecule has 6 nitrogen and oxygen atoms in total. The van der Waals surface area contributed by atoms with Crippen LogP contribution in [0, 0.1) is 23.7 Å². The van der Waals surface area contributed by atoms with E-state index in [4.69, 9.17) is 0 Å². The molecule has 2 fully saturated rings. The van der Waals surface area contributed by atoms with Gasteiger partial charge in [0.05, 0.1) is 11.8 Å². The number of imide groups is 1. The predicted molar refractivity (Wildman–Crippen MR) is 113 cm³/mol. The van der Waals surface area contributed by atoms with Crippen LogP contribution in [0.5, 0.6) is 0 Å². The van der Waals surface area contributed by atoms with E-state index >= 15 is 0 Å². The zero-order valence-corrected chi connectivity index (χ0v) is 16.7. The second-order valence-electron chi connectivity index (χ2n) is 8.76. The van der Waals surface area contributed by atoms with Crippen molar-refractivity contribution >= 4 is 29.2 Å². The zero-order chi connectivity index (χ0) is 21.3. The van der Waals surface area contributed by atoms with Gasteiger partial charge in [-0.2, -0.15) is 0 Å². The van der Waals surface area contributed by atoms with E-state index in [9.17, 15) is 19.2 Å². The maximum Gasteiger partial charge on any atom is 0.233 e. The van der Waals surface area contributed by atoms with Crippen molar-refractivity contribution in [3.05, 3.63) is 65.7 Å². The van der Waals surface area contributed by atoms with Crippen molar-refractivity contribution in [1.82, 2.24) is 4.90 Å². The zero-order valence-electron chi connectivity index (χ0n) is 16.7. The summed E-state index contributed by atoms with van der Waals surface area (Å²) in [6.07, 6.45) is 5.04. The number of ketones is 1. The molecule has 1 saturated heterocycles. The molecule has 2 aromatic carbocycles. The first-order valence-electron chi connectivity index (χ1n) is 10.6. The fraction of sp³-hybridized carbons (Fsp3) is 0.280. The lowest BCUT2D eigenvalue weighted by Crippen LogP contribution is -2.35. The molecule has 2 aromatic rings. The first-order valence-corrected chi connectivity index (χ1v) is 10.6. The summed E-state index contributed by atoms with van der Waals surface area (Å²) in [5.74, 6) is -0.769. The van der Waals surface area contributed by atoms with Gasteiger partial charge in [0.25, 0.3) is 0 Å². The molecular weight excluding hydrogens is 392 g/mol. The Balaban J connectivity index is 1.13. The third-order valence-corrected chi connectivity index (χ3v) is 7.13. The Morgan fingerprint density at radius 3 is 2.23 bits per heavy atom. The van der Waals surface area contributed by atoms with Gasteiger partial charge in [-0.3, -0.25) is 24.1 Å². The van der Waals surface area contributed by atoms with Gasteiger partial charge in [0.2, 0.25) is 17.7 Å². The molecular formula is C25H20N2O4. The second kappa shape index (κ2) is 6.48. The van der Waals surface area contributed by atoms with Crippen LogP contribution < -0.4 is 5.32 Å². The number of carbonyl (C=O) groups is 4. The van der Waals surface area contributed by atoms with Gasteiger partial charge in [0.1, 0.15) is 0 Å². The quantitative estimate of drug-likeness (QED) is 0.527. The van der Waals surface area contributed by atoms with Crippen LogP contribution in [0.2, 0.25) is 0 Å². The number of nitrogens with one attached hydrogen (secondary N) is 1. The number of nitrogens with zero attached hydrogens (tertiary/aromatic N) is 1. The van der Waals surface area contributed by atoms with Crippen molar-refractivity contribution in [3.63, 3.8) is 0 Å². The molecule has 6 heteroatoms. The lowest BCUT2D eigenvalue weighted by atomic mass is 9.85. The number of rotatable bonds is 4. The van der Waals surface area contributed by atoms with Crippen LogP contribution in [0.1, 0.15) is 28.8 Å². The van der Waals surface area contributed by atoms with Gasteiger partial charge >= 0.3 is 0 Å². The molecule has 1 heterocycles. The number of benzene rings is 2. The maximum absolute atomic E-state index is 12.7. The fourth-order valence-electron chi connectivity index (χ4n) is 5.73. The maximum atomic E-state index is 12.7. The smallest absolute Gasteiger partial charge is 0.233 e. The molecule has 4 unspecified atom stereocenters. The van der Waals surface area contributed by atoms with Crippen LogP contribution in [0.15, 0.2) is 54.6 Å². The van der Waals surface area contributed by atoms with Crippen molar-refractivity contribution < 1.29 is 19.2 Å². The van der Waals surface area contributed by atoms with Crippen molar-refractivity contribution in [3.8, 4) is 11.1 Å². The number of carbonyl (C=O) groups excluding carboxylic acids is 4. The lowest BCUT2D eigenvalue weighted by Gasteiger charge is -2.17. The summed E-state index contributed by atoms with van der Waals surface area (Å²) in [5.41, 5.74) is 3.53. The summed E-state index contributed by atoms with van der Waals surface area (Å²) >= 11 is 0. The summed E-state index contributed by atoms with van der Waals surface area (Å²) in [5, 5.41) is 2.80. The highest BCUT2D eigenvalue weighted by Crippen LogP contribution is 2.52. The summed E-state index contributed by atoms with van der Waals surface area (Å²) < 4.78 is 0. The Bertz CT molecular complexity index is 1180. The third-order valence-electron chi connectivity index (χ3n) is 7.13. The molecule has 3 aliphatic carbocycles. The van der Waals surface area contributed by atoms with Gasteiger partial charge in [-0.05, 0) is 41.5 Å². The van der Waals surface area contributed by atoms with E-state index in [0.717, 1.165) is 17.5 Å². The van der Waals surface area contributed by atoms with Gasteiger partial charge < -0.3 is 5.32 Å². The topological polar surface area (TPSA) is 83.6 Å². The molecule has 2 bridgehead atoms. The molecule has 0 spiro atoms. The highest BCUT2D eigenvalue weighted by molar-refractivity contribution is 6.22. The van der Waals surface area contributed by atoms with Crippen LogP contribution in [0.3, 0.4) is 0 Å². The minimum absolute atomic E-state index is 0.0327. The Hall–Kier alpha value is -3.54. The van der Waals surface area contributed by atoms with E-state index in [1.165, 1.54) is 4.90 Å². The molecule has 1 N–H and O–H groups in total. The standard InChI is InChI=1S/C25H20N2O4/c28-20(9-10-27-24(30)21-13-5-6-14(11-13)22(21)25(27)31)26-15-7-8-17-16-3-1-2-4-18(16)23(29)19(17)12-15/h1-8,12-14,21-22H,9-11H2,(H,26,28). The number of anilines is 1. The van der Waals surface area contributed by atoms with Crippen LogP contribution in [0.25, 0.3) is 11.1 Å². The van der Waals surface area contributed by atoms with Gasteiger partial charge in [0, 0.05) is 29.8 Å². The Kier molecular flexibility index (Phi) is 3.81. The van der Waals surface area contributed by atoms with E-state index in [-0.39, 0.29) is 60.1 Å². The first-order chi connectivity index (χ1) is 15.0. The number of hydrogen-bond donors (Lipinski definition) is 1. The van der Waals surface area contributed by atoms with Crippen LogP contribution >= 0.6 is 0 Å². The van der Waals surface area contributed by atoms with E-state index in [2.05, 4.69) is 17.5 Å². The van der Waals surface area contributed by atoms with Crippen molar-refractivity contribution in [2.75, 3.05) is 11.9 Å². The second-order valence-corrected chi connectivity index (χ2v) is 8.76. The van der Waals surface area contributed by atoms with E-state index in [0.29, 0.717) is 16.8 Å². The molecule has 154 valence electrons. The average molecular weight is 412 g/mol. The van der Waals surface area contributed by atoms with Crippen LogP contribution in [-0.2, 0) is 14.4 Å². The number of likely N-dealkylation sites (tertiary alicyclic amines) is 1. The van der Waals surface area contributed by atoms with E-state index in [1.807, 2.05) is 24.3 Å². The summed E-state index contributed by atoms with van der Waals surface area (Å²) in [7, 11) is 0. The normalized spacial score (nSPS) is 27.0. The van der Waals surface area contributed by atoms with Crippen LogP contribution in [0.4, 0.5) is 5.69 Å². The van der Waals surface area contributed by atoms with Crippen molar-refractivity contribution in [2.45, 2.75) is 12.8 Å². The number of fused-ring (bicyclic) bond motifs is 8. The predicted octanol–water partition coefficient (Wildman–Crippen LogP) is 3.03. The minimum atomic E-state index is -0.290. The van der Waals surface area contributed by atoms with Crippen molar-refractivity contribution in [2.24, 2.45) is 23.7 Å². The molecule has 1 aliphatic heterocycles. The lowest BCUT2D eigenvalue weighted by molar-refractivity contribution is -0.140. The SMILES string of the molecule is O=C(CCN1C(=O)C2C3C=CC(C3)C2C1=O)Nc1ccc2c(c1)C(=O)c1ccccc1-2. The monoisotopic (exact) mass is 412 g/mol. The van der Waals surface area contributed by atoms with Gasteiger partial charge in [0.15, 0.2) is 5.78 Å². The number of amides is 3. The molecule has 0 aromatic heterocycles. The minimum Gasteiger partial charge on any atom is -0.326 e. The highest BCUT2D eigenvalue weighted by atomic mass is 16.2. The first kappa shape index (κ1) is 18.2. The fourth-order valence-corrected chi connectivity index (χ4v) is 5.73. The molecule has 3 amide bonds. The molecule has 6 rings (SSSR count). The molecule has 4 atom stereocenters. The van der Waals surface area contributed by atoms with E-state index in [1.54, 1.807) is 18.2 Å². The summed E-state index contributed by atoms with van der Waals surface area (Å²) in [6.45, 7) is 0.0885. The largest absolute Gasteiger partial charge is 0.326 e. The van der Waals surface area contributed by atoms with Gasteiger partial charge in [-0.25, -0.2) is 0 Å². The third kappa shape index (κ3) is 2.57. The highest BCUT2D eigenvalue weighted by Gasteiger charge is 2.59.